The molecule has 5 heteroatoms. The van der Waals surface area contributed by atoms with E-state index in [1.807, 2.05) is 18.7 Å². The molecule has 0 saturated carbocycles. The molecule has 0 aromatic rings. The molecule has 1 aliphatic heterocycles. The molecule has 1 amide bonds. The first-order valence-electron chi connectivity index (χ1n) is 5.74. The number of piperidine rings is 1. The third-order valence-electron chi connectivity index (χ3n) is 2.58. The van der Waals surface area contributed by atoms with Crippen molar-refractivity contribution in [2.45, 2.75) is 45.3 Å². The summed E-state index contributed by atoms with van der Waals surface area (Å²) in [5, 5.41) is 0. The first-order valence-corrected chi connectivity index (χ1v) is 5.74. The van der Waals surface area contributed by atoms with Gasteiger partial charge in [-0.25, -0.2) is 0 Å². The van der Waals surface area contributed by atoms with Crippen molar-refractivity contribution in [3.05, 3.63) is 0 Å². The molecule has 0 radical (unpaired) electrons. The van der Waals surface area contributed by atoms with Gasteiger partial charge >= 0.3 is 0 Å². The zero-order chi connectivity index (χ0) is 11.3. The molecule has 1 atom stereocenters. The standard InChI is InChI=1S/C11H22N2O2.ClH/c1-9(2)15-7-5-11(14)13-6-3-4-10(12)8-13;/h9-10H,3-8,12H2,1-2H3;1H. The van der Waals surface area contributed by atoms with E-state index in [2.05, 4.69) is 0 Å². The minimum absolute atomic E-state index is 0. The average molecular weight is 251 g/mol. The topological polar surface area (TPSA) is 55.6 Å². The summed E-state index contributed by atoms with van der Waals surface area (Å²) in [6.45, 7) is 6.03. The van der Waals surface area contributed by atoms with Gasteiger partial charge in [0.2, 0.25) is 5.91 Å². The van der Waals surface area contributed by atoms with Crippen molar-refractivity contribution in [2.75, 3.05) is 19.7 Å². The summed E-state index contributed by atoms with van der Waals surface area (Å²) in [6, 6.07) is 0.161. The second kappa shape index (κ2) is 7.87. The number of carbonyl (C=O) groups excluding carboxylic acids is 1. The molecule has 1 heterocycles. The highest BCUT2D eigenvalue weighted by molar-refractivity contribution is 5.85. The SMILES string of the molecule is CC(C)OCCC(=O)N1CCCC(N)C1.Cl. The van der Waals surface area contributed by atoms with Gasteiger partial charge in [0.25, 0.3) is 0 Å². The van der Waals surface area contributed by atoms with Crippen LogP contribution in [0.2, 0.25) is 0 Å². The fourth-order valence-electron chi connectivity index (χ4n) is 1.78. The Morgan fingerprint density at radius 1 is 1.56 bits per heavy atom. The van der Waals surface area contributed by atoms with E-state index >= 15 is 0 Å². The van der Waals surface area contributed by atoms with Crippen molar-refractivity contribution in [3.8, 4) is 0 Å². The fraction of sp³-hybridized carbons (Fsp3) is 0.909. The van der Waals surface area contributed by atoms with E-state index in [4.69, 9.17) is 10.5 Å². The number of likely N-dealkylation sites (tertiary alicyclic amines) is 1. The molecule has 1 unspecified atom stereocenters. The van der Waals surface area contributed by atoms with E-state index in [0.29, 0.717) is 19.6 Å². The lowest BCUT2D eigenvalue weighted by Crippen LogP contribution is -2.45. The van der Waals surface area contributed by atoms with Crippen LogP contribution in [0.5, 0.6) is 0 Å². The molecule has 96 valence electrons. The number of hydrogen-bond donors (Lipinski definition) is 1. The number of halogens is 1. The first-order chi connectivity index (χ1) is 7.09. The van der Waals surface area contributed by atoms with Crippen LogP contribution in [0.4, 0.5) is 0 Å². The highest BCUT2D eigenvalue weighted by atomic mass is 35.5. The van der Waals surface area contributed by atoms with Gasteiger partial charge in [0, 0.05) is 19.1 Å². The minimum Gasteiger partial charge on any atom is -0.378 e. The van der Waals surface area contributed by atoms with Crippen LogP contribution >= 0.6 is 12.4 Å². The maximum absolute atomic E-state index is 11.7. The summed E-state index contributed by atoms with van der Waals surface area (Å²) in [5.74, 6) is 0.172. The molecule has 1 aliphatic rings. The van der Waals surface area contributed by atoms with Gasteiger partial charge in [-0.2, -0.15) is 0 Å². The predicted molar refractivity (Wildman–Crippen MR) is 66.7 cm³/mol. The molecule has 0 bridgehead atoms. The Bertz CT molecular complexity index is 212. The van der Waals surface area contributed by atoms with Gasteiger partial charge in [-0.1, -0.05) is 0 Å². The van der Waals surface area contributed by atoms with Crippen molar-refractivity contribution < 1.29 is 9.53 Å². The molecule has 0 spiro atoms. The summed E-state index contributed by atoms with van der Waals surface area (Å²) in [7, 11) is 0. The number of ether oxygens (including phenoxy) is 1. The van der Waals surface area contributed by atoms with Crippen LogP contribution in [0.15, 0.2) is 0 Å². The van der Waals surface area contributed by atoms with Crippen LogP contribution < -0.4 is 5.73 Å². The van der Waals surface area contributed by atoms with E-state index in [1.165, 1.54) is 0 Å². The van der Waals surface area contributed by atoms with Crippen molar-refractivity contribution in [3.63, 3.8) is 0 Å². The Morgan fingerprint density at radius 3 is 2.81 bits per heavy atom. The predicted octanol–water partition coefficient (Wildman–Crippen LogP) is 1.17. The van der Waals surface area contributed by atoms with Gasteiger partial charge in [0.05, 0.1) is 19.1 Å². The monoisotopic (exact) mass is 250 g/mol. The van der Waals surface area contributed by atoms with Crippen LogP contribution in [0.1, 0.15) is 33.1 Å². The van der Waals surface area contributed by atoms with Crippen LogP contribution in [-0.4, -0.2) is 42.6 Å². The van der Waals surface area contributed by atoms with Crippen LogP contribution in [0.25, 0.3) is 0 Å². The van der Waals surface area contributed by atoms with Crippen LogP contribution in [-0.2, 0) is 9.53 Å². The van der Waals surface area contributed by atoms with Gasteiger partial charge in [0.15, 0.2) is 0 Å². The highest BCUT2D eigenvalue weighted by Crippen LogP contribution is 2.09. The summed E-state index contributed by atoms with van der Waals surface area (Å²) in [4.78, 5) is 13.6. The Labute approximate surface area is 104 Å². The number of rotatable bonds is 4. The molecular formula is C11H23ClN2O2. The molecule has 4 nitrogen and oxygen atoms in total. The lowest BCUT2D eigenvalue weighted by molar-refractivity contribution is -0.133. The minimum atomic E-state index is 0. The zero-order valence-electron chi connectivity index (χ0n) is 10.1. The second-order valence-corrected chi connectivity index (χ2v) is 4.41. The zero-order valence-corrected chi connectivity index (χ0v) is 11.0. The quantitative estimate of drug-likeness (QED) is 0.815. The largest absolute Gasteiger partial charge is 0.378 e. The number of nitrogens with zero attached hydrogens (tertiary/aromatic N) is 1. The molecule has 16 heavy (non-hydrogen) atoms. The van der Waals surface area contributed by atoms with Crippen molar-refractivity contribution >= 4 is 18.3 Å². The van der Waals surface area contributed by atoms with Crippen molar-refractivity contribution in [1.82, 2.24) is 4.90 Å². The molecule has 0 aliphatic carbocycles. The van der Waals surface area contributed by atoms with Gasteiger partial charge in [0.1, 0.15) is 0 Å². The molecule has 1 saturated heterocycles. The summed E-state index contributed by atoms with van der Waals surface area (Å²) >= 11 is 0. The van der Waals surface area contributed by atoms with Crippen LogP contribution in [0, 0.1) is 0 Å². The Hall–Kier alpha value is -0.320. The summed E-state index contributed by atoms with van der Waals surface area (Å²) < 4.78 is 5.35. The lowest BCUT2D eigenvalue weighted by atomic mass is 10.1. The van der Waals surface area contributed by atoms with Crippen LogP contribution in [0.3, 0.4) is 0 Å². The van der Waals surface area contributed by atoms with Gasteiger partial charge in [-0.15, -0.1) is 12.4 Å². The molecule has 1 rings (SSSR count). The van der Waals surface area contributed by atoms with E-state index in [0.717, 1.165) is 19.4 Å². The number of carbonyl (C=O) groups is 1. The Morgan fingerprint density at radius 2 is 2.25 bits per heavy atom. The number of amides is 1. The van der Waals surface area contributed by atoms with E-state index in [-0.39, 0.29) is 30.5 Å². The second-order valence-electron chi connectivity index (χ2n) is 4.41. The summed E-state index contributed by atoms with van der Waals surface area (Å²) in [5.41, 5.74) is 5.81. The van der Waals surface area contributed by atoms with E-state index in [1.54, 1.807) is 0 Å². The third-order valence-corrected chi connectivity index (χ3v) is 2.58. The molecule has 2 N–H and O–H groups in total. The molecule has 0 aromatic carbocycles. The maximum atomic E-state index is 11.7. The van der Waals surface area contributed by atoms with E-state index < -0.39 is 0 Å². The Balaban J connectivity index is 0.00000225. The molecular weight excluding hydrogens is 228 g/mol. The highest BCUT2D eigenvalue weighted by Gasteiger charge is 2.20. The first kappa shape index (κ1) is 15.7. The lowest BCUT2D eigenvalue weighted by Gasteiger charge is -2.30. The normalized spacial score (nSPS) is 20.8. The number of hydrogen-bond acceptors (Lipinski definition) is 3. The third kappa shape index (κ3) is 5.68. The van der Waals surface area contributed by atoms with Crippen molar-refractivity contribution in [2.24, 2.45) is 5.73 Å². The average Bonchev–Trinajstić information content (AvgIpc) is 2.17. The van der Waals surface area contributed by atoms with Gasteiger partial charge in [-0.05, 0) is 26.7 Å². The van der Waals surface area contributed by atoms with E-state index in [9.17, 15) is 4.79 Å². The smallest absolute Gasteiger partial charge is 0.224 e. The molecule has 1 fully saturated rings. The molecule has 0 aromatic heterocycles. The van der Waals surface area contributed by atoms with Gasteiger partial charge < -0.3 is 15.4 Å². The number of nitrogens with two attached hydrogens (primary N) is 1. The summed E-state index contributed by atoms with van der Waals surface area (Å²) in [6.07, 6.45) is 2.73. The fourth-order valence-corrected chi connectivity index (χ4v) is 1.78. The van der Waals surface area contributed by atoms with Gasteiger partial charge in [-0.3, -0.25) is 4.79 Å². The van der Waals surface area contributed by atoms with Crippen molar-refractivity contribution in [1.29, 1.82) is 0 Å². The maximum Gasteiger partial charge on any atom is 0.224 e. The Kier molecular flexibility index (Phi) is 7.72.